The number of methoxy groups -OCH3 is 1. The largest absolute Gasteiger partial charge is 0.476 e. The molecule has 3 saturated heterocycles. The van der Waals surface area contributed by atoms with Crippen LogP contribution in [0.25, 0.3) is 51.0 Å². The standard InChI is InChI=1S/C26H25N5O4.C25H23N5O4.C25H25N5O3/c1-17-12-13-19(24-29-22(26(33)34-2)23(35-24)18-8-4-3-5-9-18)16-30(17)25(32)20-10-6-7-11-21(20)31-27-14-15-28-31;1-16-11-12-18(23-28-21(25(32)33)22(34-23)17-7-3-2-4-8-17)15-29(16)24(31)19-9-5-6-10-20(19)30-26-13-14-27-30;1-17-11-12-19(24-28-21(16-31)23(33-24)18-7-3-2-4-8-18)15-29(17)25(32)20-9-5-6-10-22(20)30-26-13-14-27-30/h3-11,14-15,17,19H,12-13,16H2,1-2H3;2-10,13-14,16,18H,11-12,15H2,1H3,(H,32,33);2-10,13-14,17,19,31H,11-12,15-16H2,1H3/t17-,19-;16-,18-;17-,19-/m111/s1. The number of likely N-dealkylation sites (tertiary alicyclic amines) is 3. The van der Waals surface area contributed by atoms with Gasteiger partial charge in [-0.05, 0) is 95.7 Å². The van der Waals surface area contributed by atoms with Crippen molar-refractivity contribution < 1.29 is 52.2 Å². The Morgan fingerprint density at radius 1 is 0.412 bits per heavy atom. The van der Waals surface area contributed by atoms with Crippen molar-refractivity contribution in [2.45, 2.75) is 102 Å². The summed E-state index contributed by atoms with van der Waals surface area (Å²) in [6.45, 7) is 7.17. The van der Waals surface area contributed by atoms with Crippen LogP contribution >= 0.6 is 0 Å². The number of carboxylic acid groups (broad SMARTS) is 1. The number of carbonyl (C=O) groups excluding carboxylic acids is 4. The van der Waals surface area contributed by atoms with Crippen molar-refractivity contribution in [1.29, 1.82) is 0 Å². The van der Waals surface area contributed by atoms with E-state index in [-0.39, 0.29) is 77.4 Å². The molecule has 6 aromatic heterocycles. The molecule has 0 unspecified atom stereocenters. The van der Waals surface area contributed by atoms with E-state index in [1.807, 2.05) is 151 Å². The van der Waals surface area contributed by atoms with Gasteiger partial charge >= 0.3 is 11.9 Å². The number of nitrogens with zero attached hydrogens (tertiary/aromatic N) is 15. The molecule has 0 aliphatic carbocycles. The van der Waals surface area contributed by atoms with Crippen molar-refractivity contribution >= 4 is 29.7 Å². The molecule has 15 rings (SSSR count). The summed E-state index contributed by atoms with van der Waals surface area (Å²) in [5.41, 5.74) is 6.23. The number of aromatic carboxylic acids is 1. The molecule has 9 heterocycles. The number of aliphatic hydroxyl groups excluding tert-OH is 1. The summed E-state index contributed by atoms with van der Waals surface area (Å²) >= 11 is 0. The molecule has 12 aromatic rings. The van der Waals surface area contributed by atoms with Crippen LogP contribution in [0.3, 0.4) is 0 Å². The van der Waals surface area contributed by atoms with Crippen LogP contribution in [0.1, 0.15) is 152 Å². The third-order valence-electron chi connectivity index (χ3n) is 18.6. The summed E-state index contributed by atoms with van der Waals surface area (Å²) in [7, 11) is 1.32. The molecule has 2 N–H and O–H groups in total. The molecule has 26 heteroatoms. The number of benzene rings is 6. The van der Waals surface area contributed by atoms with Crippen molar-refractivity contribution in [2.75, 3.05) is 26.7 Å². The van der Waals surface area contributed by atoms with Crippen molar-refractivity contribution in [1.82, 2.24) is 74.6 Å². The third kappa shape index (κ3) is 14.6. The highest BCUT2D eigenvalue weighted by atomic mass is 16.5. The Labute approximate surface area is 585 Å². The molecule has 0 bridgehead atoms. The molecular formula is C76H73N15O11. The first kappa shape index (κ1) is 68.2. The summed E-state index contributed by atoms with van der Waals surface area (Å²) in [6.07, 6.45) is 14.2. The van der Waals surface area contributed by atoms with Gasteiger partial charge in [-0.25, -0.2) is 24.5 Å². The number of carbonyl (C=O) groups is 5. The smallest absolute Gasteiger partial charge is 0.360 e. The van der Waals surface area contributed by atoms with Crippen LogP contribution < -0.4 is 0 Å². The number of hydrogen-bond acceptors (Lipinski definition) is 19. The lowest BCUT2D eigenvalue weighted by Crippen LogP contribution is -2.45. The van der Waals surface area contributed by atoms with Gasteiger partial charge in [-0.15, -0.1) is 0 Å². The first-order chi connectivity index (χ1) is 49.7. The molecule has 3 aliphatic heterocycles. The van der Waals surface area contributed by atoms with E-state index in [1.54, 1.807) is 78.5 Å². The second kappa shape index (κ2) is 30.8. The zero-order chi connectivity index (χ0) is 70.8. The van der Waals surface area contributed by atoms with E-state index in [1.165, 1.54) is 21.5 Å². The van der Waals surface area contributed by atoms with Crippen molar-refractivity contribution in [2.24, 2.45) is 0 Å². The van der Waals surface area contributed by atoms with Gasteiger partial charge in [0.25, 0.3) is 17.7 Å². The maximum atomic E-state index is 13.7. The number of ether oxygens (including phenoxy) is 1. The predicted molar refractivity (Wildman–Crippen MR) is 372 cm³/mol. The number of piperidine rings is 3. The van der Waals surface area contributed by atoms with Crippen molar-refractivity contribution in [3.05, 3.63) is 252 Å². The molecule has 26 nitrogen and oxygen atoms in total. The highest BCUT2D eigenvalue weighted by Crippen LogP contribution is 2.39. The first-order valence-electron chi connectivity index (χ1n) is 33.6. The fraction of sp³-hybridized carbons (Fsp3) is 0.263. The van der Waals surface area contributed by atoms with Crippen LogP contribution in [0.4, 0.5) is 0 Å². The second-order valence-corrected chi connectivity index (χ2v) is 25.1. The van der Waals surface area contributed by atoms with Gasteiger partial charge in [-0.1, -0.05) is 127 Å². The van der Waals surface area contributed by atoms with Gasteiger partial charge in [0.05, 0.1) is 102 Å². The fourth-order valence-corrected chi connectivity index (χ4v) is 13.2. The minimum atomic E-state index is -1.15. The van der Waals surface area contributed by atoms with Gasteiger partial charge < -0.3 is 42.9 Å². The highest BCUT2D eigenvalue weighted by molar-refractivity contribution is 6.00. The number of carboxylic acids is 1. The van der Waals surface area contributed by atoms with Crippen LogP contribution in [0.2, 0.25) is 0 Å². The van der Waals surface area contributed by atoms with Crippen molar-refractivity contribution in [3.63, 3.8) is 0 Å². The Morgan fingerprint density at radius 3 is 1.06 bits per heavy atom. The molecule has 518 valence electrons. The monoisotopic (exact) mass is 1370 g/mol. The Bertz CT molecular complexity index is 4850. The average Bonchev–Trinajstić information content (AvgIpc) is 1.48. The van der Waals surface area contributed by atoms with Crippen LogP contribution in [0.15, 0.2) is 214 Å². The lowest BCUT2D eigenvalue weighted by Gasteiger charge is -2.37. The zero-order valence-corrected chi connectivity index (χ0v) is 56.4. The molecular weight excluding hydrogens is 1300 g/mol. The lowest BCUT2D eigenvalue weighted by atomic mass is 9.92. The number of oxazole rings is 3. The van der Waals surface area contributed by atoms with Crippen LogP contribution in [0.5, 0.6) is 0 Å². The summed E-state index contributed by atoms with van der Waals surface area (Å²) in [5, 5.41) is 44.6. The third-order valence-corrected chi connectivity index (χ3v) is 18.6. The number of amides is 3. The van der Waals surface area contributed by atoms with Gasteiger partial charge in [0, 0.05) is 54.5 Å². The molecule has 3 aliphatic rings. The molecule has 6 atom stereocenters. The quantitative estimate of drug-likeness (QED) is 0.0901. The Hall–Kier alpha value is -12.3. The molecule has 3 amide bonds. The fourth-order valence-electron chi connectivity index (χ4n) is 13.2. The molecule has 0 spiro atoms. The second-order valence-electron chi connectivity index (χ2n) is 25.1. The van der Waals surface area contributed by atoms with Gasteiger partial charge in [0.2, 0.25) is 11.8 Å². The zero-order valence-electron chi connectivity index (χ0n) is 56.4. The van der Waals surface area contributed by atoms with Crippen LogP contribution in [-0.2, 0) is 11.3 Å². The summed E-state index contributed by atoms with van der Waals surface area (Å²) in [6, 6.07) is 50.0. The number of rotatable bonds is 15. The Balaban J connectivity index is 0.000000137. The normalized spacial score (nSPS) is 18.1. The van der Waals surface area contributed by atoms with Gasteiger partial charge in [-0.3, -0.25) is 14.4 Å². The van der Waals surface area contributed by atoms with Crippen molar-refractivity contribution in [3.8, 4) is 51.0 Å². The summed E-state index contributed by atoms with van der Waals surface area (Å²) in [4.78, 5) is 88.5. The van der Waals surface area contributed by atoms with E-state index in [2.05, 4.69) is 52.5 Å². The predicted octanol–water partition coefficient (Wildman–Crippen LogP) is 12.0. The molecule has 0 saturated carbocycles. The van der Waals surface area contributed by atoms with Gasteiger partial charge in [0.1, 0.15) is 5.69 Å². The SMILES string of the molecule is COC(=O)c1nc([C@@H]2CC[C@@H](C)N(C(=O)c3ccccc3-n3nccn3)C2)oc1-c1ccccc1.C[C@@H]1CC[C@@H](c2nc(C(=O)O)c(-c3ccccc3)o2)CN1C(=O)c1ccccc1-n1nccn1.C[C@@H]1CC[C@@H](c2nc(CO)c(-c3ccccc3)o2)CN1C(=O)c1ccccc1-n1nccn1. The summed E-state index contributed by atoms with van der Waals surface area (Å²) < 4.78 is 23.2. The van der Waals surface area contributed by atoms with Gasteiger partial charge in [0.15, 0.2) is 34.6 Å². The van der Waals surface area contributed by atoms with E-state index in [4.69, 9.17) is 18.0 Å². The lowest BCUT2D eigenvalue weighted by molar-refractivity contribution is 0.0582. The van der Waals surface area contributed by atoms with E-state index < -0.39 is 11.9 Å². The molecule has 6 aromatic carbocycles. The Kier molecular flexibility index (Phi) is 20.6. The minimum Gasteiger partial charge on any atom is -0.476 e. The number of aliphatic hydroxyl groups is 1. The number of hydrogen-bond donors (Lipinski definition) is 2. The average molecular weight is 1370 g/mol. The maximum Gasteiger partial charge on any atom is 0.360 e. The topological polar surface area (TPSA) is 315 Å². The van der Waals surface area contributed by atoms with Crippen LogP contribution in [-0.4, -0.2) is 159 Å². The van der Waals surface area contributed by atoms with Gasteiger partial charge in [-0.2, -0.15) is 45.0 Å². The van der Waals surface area contributed by atoms with E-state index >= 15 is 0 Å². The molecule has 3 fully saturated rings. The maximum absolute atomic E-state index is 13.7. The first-order valence-corrected chi connectivity index (χ1v) is 33.6. The minimum absolute atomic E-state index is 0.00452. The highest BCUT2D eigenvalue weighted by Gasteiger charge is 2.39. The van der Waals surface area contributed by atoms with E-state index in [0.29, 0.717) is 93.8 Å². The van der Waals surface area contributed by atoms with E-state index in [0.717, 1.165) is 49.7 Å². The van der Waals surface area contributed by atoms with Crippen LogP contribution in [0, 0.1) is 0 Å². The van der Waals surface area contributed by atoms with E-state index in [9.17, 15) is 34.2 Å². The molecule has 0 radical (unpaired) electrons. The number of aromatic nitrogens is 12. The number of para-hydroxylation sites is 3. The Morgan fingerprint density at radius 2 is 0.716 bits per heavy atom. The number of esters is 1. The summed E-state index contributed by atoms with van der Waals surface area (Å²) in [5.74, 6) is 0.0498. The molecule has 102 heavy (non-hydrogen) atoms.